The highest BCUT2D eigenvalue weighted by atomic mass is 127. The Balaban J connectivity index is 0.00000280. The molecule has 0 radical (unpaired) electrons. The summed E-state index contributed by atoms with van der Waals surface area (Å²) in [5, 5.41) is 8.95. The molecule has 2 aromatic heterocycles. The number of aryl methyl sites for hydroxylation is 1. The van der Waals surface area contributed by atoms with Gasteiger partial charge in [0.15, 0.2) is 5.96 Å². The number of thiophene rings is 1. The number of imidazole rings is 1. The number of guanidine groups is 1. The van der Waals surface area contributed by atoms with Gasteiger partial charge in [-0.25, -0.2) is 4.98 Å². The van der Waals surface area contributed by atoms with Gasteiger partial charge in [-0.3, -0.25) is 4.99 Å². The van der Waals surface area contributed by atoms with Gasteiger partial charge in [-0.1, -0.05) is 37.3 Å². The molecule has 0 fully saturated rings. The molecule has 7 heteroatoms. The van der Waals surface area contributed by atoms with Crippen LogP contribution in [-0.4, -0.2) is 29.1 Å². The first-order valence-corrected chi connectivity index (χ1v) is 10.1. The van der Waals surface area contributed by atoms with Crippen LogP contribution in [0.1, 0.15) is 34.7 Å². The molecule has 0 saturated heterocycles. The van der Waals surface area contributed by atoms with Crippen molar-refractivity contribution < 1.29 is 0 Å². The second kappa shape index (κ2) is 11.2. The number of nitrogens with zero attached hydrogens (tertiary/aromatic N) is 3. The van der Waals surface area contributed by atoms with Gasteiger partial charge in [0.05, 0.1) is 0 Å². The summed E-state index contributed by atoms with van der Waals surface area (Å²) in [6.07, 6.45) is 3.86. The summed E-state index contributed by atoms with van der Waals surface area (Å²) in [7, 11) is 1.81. The van der Waals surface area contributed by atoms with Gasteiger partial charge in [-0.2, -0.15) is 0 Å². The molecular weight excluding hydrogens is 481 g/mol. The van der Waals surface area contributed by atoms with Gasteiger partial charge < -0.3 is 15.2 Å². The van der Waals surface area contributed by atoms with Crippen molar-refractivity contribution in [1.82, 2.24) is 20.2 Å². The van der Waals surface area contributed by atoms with Gasteiger partial charge in [0.25, 0.3) is 0 Å². The van der Waals surface area contributed by atoms with Crippen LogP contribution in [0.3, 0.4) is 0 Å². The zero-order valence-electron chi connectivity index (χ0n) is 16.6. The highest BCUT2D eigenvalue weighted by molar-refractivity contribution is 14.0. The van der Waals surface area contributed by atoms with Crippen LogP contribution in [0.2, 0.25) is 0 Å². The molecule has 2 N–H and O–H groups in total. The third kappa shape index (κ3) is 6.34. The lowest BCUT2D eigenvalue weighted by molar-refractivity contribution is 0.708. The van der Waals surface area contributed by atoms with Gasteiger partial charge in [-0.05, 0) is 29.5 Å². The van der Waals surface area contributed by atoms with Crippen molar-refractivity contribution in [1.29, 1.82) is 0 Å². The fourth-order valence-electron chi connectivity index (χ4n) is 2.93. The molecule has 3 rings (SSSR count). The average molecular weight is 509 g/mol. The molecular formula is C21H28IN5S. The van der Waals surface area contributed by atoms with Crippen molar-refractivity contribution in [2.45, 2.75) is 32.9 Å². The van der Waals surface area contributed by atoms with Crippen LogP contribution in [0, 0.1) is 6.92 Å². The van der Waals surface area contributed by atoms with Crippen LogP contribution in [0.15, 0.2) is 59.2 Å². The minimum absolute atomic E-state index is 0. The van der Waals surface area contributed by atoms with E-state index in [0.717, 1.165) is 31.4 Å². The summed E-state index contributed by atoms with van der Waals surface area (Å²) in [6, 6.07) is 12.9. The molecule has 0 amide bonds. The smallest absolute Gasteiger partial charge is 0.191 e. The predicted octanol–water partition coefficient (Wildman–Crippen LogP) is 4.39. The molecule has 0 bridgehead atoms. The van der Waals surface area contributed by atoms with Gasteiger partial charge in [0.2, 0.25) is 0 Å². The Morgan fingerprint density at radius 2 is 2.04 bits per heavy atom. The number of rotatable bonds is 7. The van der Waals surface area contributed by atoms with E-state index in [-0.39, 0.29) is 24.0 Å². The number of aromatic nitrogens is 2. The second-order valence-corrected chi connectivity index (χ2v) is 7.62. The molecule has 0 aliphatic carbocycles. The Morgan fingerprint density at radius 1 is 1.21 bits per heavy atom. The van der Waals surface area contributed by atoms with E-state index >= 15 is 0 Å². The number of benzene rings is 1. The monoisotopic (exact) mass is 509 g/mol. The summed E-state index contributed by atoms with van der Waals surface area (Å²) in [6.45, 7) is 6.70. The molecule has 28 heavy (non-hydrogen) atoms. The van der Waals surface area contributed by atoms with Crippen LogP contribution in [0.5, 0.6) is 0 Å². The molecule has 0 aliphatic heterocycles. The number of hydrogen-bond donors (Lipinski definition) is 2. The molecule has 0 saturated carbocycles. The van der Waals surface area contributed by atoms with Gasteiger partial charge in [0.1, 0.15) is 5.82 Å². The lowest BCUT2D eigenvalue weighted by atomic mass is 10.1. The molecule has 3 aromatic rings. The number of hydrogen-bond acceptors (Lipinski definition) is 3. The van der Waals surface area contributed by atoms with E-state index in [1.165, 1.54) is 16.0 Å². The van der Waals surface area contributed by atoms with Crippen molar-refractivity contribution in [3.05, 3.63) is 76.0 Å². The second-order valence-electron chi connectivity index (χ2n) is 6.65. The van der Waals surface area contributed by atoms with Crippen molar-refractivity contribution in [2.75, 3.05) is 13.6 Å². The zero-order valence-corrected chi connectivity index (χ0v) is 19.7. The zero-order chi connectivity index (χ0) is 19.1. The summed E-state index contributed by atoms with van der Waals surface area (Å²) >= 11 is 1.80. The van der Waals surface area contributed by atoms with Crippen LogP contribution < -0.4 is 10.6 Å². The van der Waals surface area contributed by atoms with Gasteiger partial charge in [-0.15, -0.1) is 35.3 Å². The number of nitrogens with one attached hydrogen (secondary N) is 2. The number of aliphatic imine (C=N–C) groups is 1. The first-order chi connectivity index (χ1) is 13.2. The standard InChI is InChI=1S/C21H27N5S.HI/c1-16(20-8-5-11-27-20)13-24-21(22-3)25-14-18-6-4-7-19(12-18)15-26-10-9-23-17(26)2;/h4-12,16H,13-15H2,1-3H3,(H2,22,24,25);1H. The fourth-order valence-corrected chi connectivity index (χ4v) is 3.72. The summed E-state index contributed by atoms with van der Waals surface area (Å²) in [4.78, 5) is 10.0. The van der Waals surface area contributed by atoms with Gasteiger partial charge in [0, 0.05) is 49.9 Å². The topological polar surface area (TPSA) is 54.2 Å². The summed E-state index contributed by atoms with van der Waals surface area (Å²) in [5.41, 5.74) is 2.50. The average Bonchev–Trinajstić information content (AvgIpc) is 3.35. The van der Waals surface area contributed by atoms with E-state index < -0.39 is 0 Å². The quantitative estimate of drug-likeness (QED) is 0.282. The first-order valence-electron chi connectivity index (χ1n) is 9.19. The maximum absolute atomic E-state index is 4.34. The molecule has 1 atom stereocenters. The minimum Gasteiger partial charge on any atom is -0.356 e. The molecule has 5 nitrogen and oxygen atoms in total. The SMILES string of the molecule is CN=C(NCc1cccc(Cn2ccnc2C)c1)NCC(C)c1cccs1.I. The van der Waals surface area contributed by atoms with Crippen molar-refractivity contribution in [3.63, 3.8) is 0 Å². The number of halogens is 1. The van der Waals surface area contributed by atoms with Crippen molar-refractivity contribution in [2.24, 2.45) is 4.99 Å². The Labute approximate surface area is 188 Å². The Kier molecular flexibility index (Phi) is 8.98. The van der Waals surface area contributed by atoms with Crippen LogP contribution >= 0.6 is 35.3 Å². The van der Waals surface area contributed by atoms with E-state index in [2.05, 4.69) is 73.9 Å². The third-order valence-corrected chi connectivity index (χ3v) is 5.66. The van der Waals surface area contributed by atoms with Crippen molar-refractivity contribution >= 4 is 41.3 Å². The third-order valence-electron chi connectivity index (χ3n) is 4.56. The molecule has 0 spiro atoms. The predicted molar refractivity (Wildman–Crippen MR) is 129 cm³/mol. The lowest BCUT2D eigenvalue weighted by Gasteiger charge is -2.15. The van der Waals surface area contributed by atoms with E-state index in [9.17, 15) is 0 Å². The normalized spacial score (nSPS) is 12.3. The van der Waals surface area contributed by atoms with E-state index in [0.29, 0.717) is 5.92 Å². The van der Waals surface area contributed by atoms with E-state index in [4.69, 9.17) is 0 Å². The van der Waals surface area contributed by atoms with Crippen LogP contribution in [0.4, 0.5) is 0 Å². The van der Waals surface area contributed by atoms with Crippen LogP contribution in [0.25, 0.3) is 0 Å². The molecule has 150 valence electrons. The molecule has 1 unspecified atom stereocenters. The summed E-state index contributed by atoms with van der Waals surface area (Å²) in [5.74, 6) is 2.32. The Hall–Kier alpha value is -1.87. The minimum atomic E-state index is 0. The highest BCUT2D eigenvalue weighted by Crippen LogP contribution is 2.19. The maximum Gasteiger partial charge on any atom is 0.191 e. The summed E-state index contributed by atoms with van der Waals surface area (Å²) < 4.78 is 2.15. The lowest BCUT2D eigenvalue weighted by Crippen LogP contribution is -2.38. The Bertz CT molecular complexity index is 873. The molecule has 1 aromatic carbocycles. The van der Waals surface area contributed by atoms with E-state index in [1.54, 1.807) is 11.3 Å². The Morgan fingerprint density at radius 3 is 2.71 bits per heavy atom. The van der Waals surface area contributed by atoms with Crippen molar-refractivity contribution in [3.8, 4) is 0 Å². The van der Waals surface area contributed by atoms with Gasteiger partial charge >= 0.3 is 0 Å². The molecule has 2 heterocycles. The highest BCUT2D eigenvalue weighted by Gasteiger charge is 2.07. The maximum atomic E-state index is 4.34. The molecule has 0 aliphatic rings. The van der Waals surface area contributed by atoms with E-state index in [1.807, 2.05) is 26.4 Å². The largest absolute Gasteiger partial charge is 0.356 e. The fraction of sp³-hybridized carbons (Fsp3) is 0.333. The first kappa shape index (κ1) is 22.4. The van der Waals surface area contributed by atoms with Crippen LogP contribution in [-0.2, 0) is 13.1 Å².